The predicted molar refractivity (Wildman–Crippen MR) is 130 cm³/mol. The van der Waals surface area contributed by atoms with Gasteiger partial charge in [-0.1, -0.05) is 36.4 Å². The van der Waals surface area contributed by atoms with Gasteiger partial charge in [-0.25, -0.2) is 9.78 Å². The number of benzene rings is 2. The van der Waals surface area contributed by atoms with Crippen molar-refractivity contribution in [1.82, 2.24) is 10.3 Å². The smallest absolute Gasteiger partial charge is 0.327 e. The molecule has 1 aliphatic rings. The molecule has 0 atom stereocenters. The van der Waals surface area contributed by atoms with Gasteiger partial charge in [-0.3, -0.25) is 4.90 Å². The van der Waals surface area contributed by atoms with Crippen LogP contribution in [0.2, 0.25) is 0 Å². The number of pyridine rings is 1. The van der Waals surface area contributed by atoms with E-state index >= 15 is 0 Å². The van der Waals surface area contributed by atoms with Crippen molar-refractivity contribution in [3.05, 3.63) is 59.8 Å². The largest absolute Gasteiger partial charge is 0.398 e. The molecule has 7 nitrogen and oxygen atoms in total. The van der Waals surface area contributed by atoms with Gasteiger partial charge in [-0.15, -0.1) is 0 Å². The maximum atomic E-state index is 12.9. The molecule has 0 fully saturated rings. The molecule has 0 aliphatic carbocycles. The van der Waals surface area contributed by atoms with Gasteiger partial charge in [-0.05, 0) is 49.6 Å². The molecule has 2 amide bonds. The van der Waals surface area contributed by atoms with Crippen LogP contribution in [0.25, 0.3) is 22.3 Å². The van der Waals surface area contributed by atoms with Crippen LogP contribution in [0.1, 0.15) is 18.1 Å². The summed E-state index contributed by atoms with van der Waals surface area (Å²) in [5.74, 6) is 0.630. The van der Waals surface area contributed by atoms with Crippen molar-refractivity contribution in [2.45, 2.75) is 20.3 Å². The zero-order chi connectivity index (χ0) is 22.7. The highest BCUT2D eigenvalue weighted by Crippen LogP contribution is 2.46. The highest BCUT2D eigenvalue weighted by molar-refractivity contribution is 6.12. The number of aliphatic hydroxyl groups excluding tert-OH is 1. The van der Waals surface area contributed by atoms with Crippen LogP contribution in [0, 0.1) is 6.92 Å². The number of nitrogens with two attached hydrogens (primary N) is 1. The SMILES string of the molecule is CCN1C(=O)Nc2ccccc2-c2c1ncc(C)c2-c1cccc(CCNCCO)c1N. The summed E-state index contributed by atoms with van der Waals surface area (Å²) < 4.78 is 0. The minimum Gasteiger partial charge on any atom is -0.398 e. The van der Waals surface area contributed by atoms with Gasteiger partial charge in [0.25, 0.3) is 0 Å². The van der Waals surface area contributed by atoms with E-state index < -0.39 is 0 Å². The van der Waals surface area contributed by atoms with E-state index in [4.69, 9.17) is 10.8 Å². The number of nitrogen functional groups attached to an aromatic ring is 1. The Labute approximate surface area is 188 Å². The molecule has 4 rings (SSSR count). The number of urea groups is 1. The third-order valence-electron chi connectivity index (χ3n) is 5.83. The van der Waals surface area contributed by atoms with E-state index in [1.807, 2.05) is 62.5 Å². The molecule has 5 N–H and O–H groups in total. The van der Waals surface area contributed by atoms with E-state index in [-0.39, 0.29) is 12.6 Å². The van der Waals surface area contributed by atoms with Crippen molar-refractivity contribution in [2.24, 2.45) is 0 Å². The summed E-state index contributed by atoms with van der Waals surface area (Å²) >= 11 is 0. The van der Waals surface area contributed by atoms with Crippen molar-refractivity contribution in [2.75, 3.05) is 42.2 Å². The number of fused-ring (bicyclic) bond motifs is 3. The Kier molecular flexibility index (Phi) is 6.39. The summed E-state index contributed by atoms with van der Waals surface area (Å²) in [5, 5.41) is 15.2. The summed E-state index contributed by atoms with van der Waals surface area (Å²) in [7, 11) is 0. The zero-order valence-electron chi connectivity index (χ0n) is 18.5. The lowest BCUT2D eigenvalue weighted by Gasteiger charge is -2.23. The standard InChI is InChI=1S/C25H29N5O2/c1-3-30-24-22(18-8-4-5-10-20(18)29-25(30)32)21(16(2)15-28-24)19-9-6-7-17(23(19)26)11-12-27-13-14-31/h4-10,15,27,31H,3,11-14,26H2,1-2H3,(H,29,32). The van der Waals surface area contributed by atoms with Gasteiger partial charge >= 0.3 is 6.03 Å². The number of carbonyl (C=O) groups excluding carboxylic acids is 1. The Morgan fingerprint density at radius 1 is 1.09 bits per heavy atom. The summed E-state index contributed by atoms with van der Waals surface area (Å²) in [5.41, 5.74) is 14.0. The number of hydrogen-bond acceptors (Lipinski definition) is 5. The number of para-hydroxylation sites is 2. The molecule has 0 unspecified atom stereocenters. The Morgan fingerprint density at radius 3 is 2.66 bits per heavy atom. The number of aliphatic hydroxyl groups is 1. The number of anilines is 3. The van der Waals surface area contributed by atoms with Crippen LogP contribution in [0.3, 0.4) is 0 Å². The molecule has 0 spiro atoms. The number of amides is 2. The van der Waals surface area contributed by atoms with E-state index in [9.17, 15) is 4.79 Å². The fourth-order valence-electron chi connectivity index (χ4n) is 4.26. The first-order chi connectivity index (χ1) is 15.6. The monoisotopic (exact) mass is 431 g/mol. The molecule has 32 heavy (non-hydrogen) atoms. The fourth-order valence-corrected chi connectivity index (χ4v) is 4.26. The lowest BCUT2D eigenvalue weighted by Crippen LogP contribution is -2.34. The van der Waals surface area contributed by atoms with Crippen LogP contribution in [-0.2, 0) is 6.42 Å². The highest BCUT2D eigenvalue weighted by Gasteiger charge is 2.29. The zero-order valence-corrected chi connectivity index (χ0v) is 18.5. The maximum absolute atomic E-state index is 12.9. The van der Waals surface area contributed by atoms with Crippen molar-refractivity contribution in [3.8, 4) is 22.3 Å². The molecule has 1 aromatic heterocycles. The summed E-state index contributed by atoms with van der Waals surface area (Å²) in [4.78, 5) is 19.3. The third kappa shape index (κ3) is 3.92. The normalized spacial score (nSPS) is 12.7. The first-order valence-corrected chi connectivity index (χ1v) is 10.9. The molecular formula is C25H29N5O2. The second kappa shape index (κ2) is 9.38. The quantitative estimate of drug-likeness (QED) is 0.337. The number of hydrogen-bond donors (Lipinski definition) is 4. The maximum Gasteiger partial charge on any atom is 0.327 e. The molecule has 0 saturated heterocycles. The van der Waals surface area contributed by atoms with Crippen molar-refractivity contribution < 1.29 is 9.90 Å². The Morgan fingerprint density at radius 2 is 1.88 bits per heavy atom. The molecule has 2 aromatic carbocycles. The second-order valence-electron chi connectivity index (χ2n) is 7.84. The first-order valence-electron chi connectivity index (χ1n) is 10.9. The van der Waals surface area contributed by atoms with Gasteiger partial charge in [0.1, 0.15) is 5.82 Å². The molecule has 1 aliphatic heterocycles. The van der Waals surface area contributed by atoms with Crippen LogP contribution in [0.5, 0.6) is 0 Å². The summed E-state index contributed by atoms with van der Waals surface area (Å²) in [6.45, 7) is 5.85. The third-order valence-corrected chi connectivity index (χ3v) is 5.83. The van der Waals surface area contributed by atoms with Gasteiger partial charge in [0.05, 0.1) is 12.3 Å². The lowest BCUT2D eigenvalue weighted by molar-refractivity contribution is 0.257. The van der Waals surface area contributed by atoms with Crippen LogP contribution < -0.4 is 21.3 Å². The number of carbonyl (C=O) groups is 1. The Hall–Kier alpha value is -3.42. The van der Waals surface area contributed by atoms with Gasteiger partial charge in [-0.2, -0.15) is 0 Å². The molecule has 0 bridgehead atoms. The minimum atomic E-state index is -0.197. The minimum absolute atomic E-state index is 0.109. The van der Waals surface area contributed by atoms with E-state index in [2.05, 4.69) is 15.6 Å². The second-order valence-corrected chi connectivity index (χ2v) is 7.84. The van der Waals surface area contributed by atoms with Crippen LogP contribution in [0.15, 0.2) is 48.7 Å². The molecule has 7 heteroatoms. The van der Waals surface area contributed by atoms with Crippen molar-refractivity contribution in [3.63, 3.8) is 0 Å². The van der Waals surface area contributed by atoms with Crippen molar-refractivity contribution >= 4 is 23.2 Å². The van der Waals surface area contributed by atoms with Gasteiger partial charge in [0, 0.05) is 41.7 Å². The number of rotatable bonds is 7. The summed E-state index contributed by atoms with van der Waals surface area (Å²) in [6, 6.07) is 13.7. The number of aromatic nitrogens is 1. The highest BCUT2D eigenvalue weighted by atomic mass is 16.3. The lowest BCUT2D eigenvalue weighted by atomic mass is 9.89. The number of nitrogens with zero attached hydrogens (tertiary/aromatic N) is 2. The van der Waals surface area contributed by atoms with Gasteiger partial charge < -0.3 is 21.5 Å². The van der Waals surface area contributed by atoms with Gasteiger partial charge in [0.15, 0.2) is 0 Å². The molecule has 0 radical (unpaired) electrons. The fraction of sp³-hybridized carbons (Fsp3) is 0.280. The Bertz CT molecular complexity index is 1150. The van der Waals surface area contributed by atoms with E-state index in [1.165, 1.54) is 0 Å². The number of nitrogens with one attached hydrogen (secondary N) is 2. The van der Waals surface area contributed by atoms with Crippen molar-refractivity contribution in [1.29, 1.82) is 0 Å². The molecule has 2 heterocycles. The van der Waals surface area contributed by atoms with E-state index in [1.54, 1.807) is 4.90 Å². The Balaban J connectivity index is 1.92. The van der Waals surface area contributed by atoms with E-state index in [0.29, 0.717) is 18.9 Å². The molecular weight excluding hydrogens is 402 g/mol. The first kappa shape index (κ1) is 21.8. The average Bonchev–Trinajstić information content (AvgIpc) is 2.91. The molecule has 166 valence electrons. The van der Waals surface area contributed by atoms with Gasteiger partial charge in [0.2, 0.25) is 0 Å². The van der Waals surface area contributed by atoms with Crippen LogP contribution >= 0.6 is 0 Å². The van der Waals surface area contributed by atoms with E-state index in [0.717, 1.165) is 57.7 Å². The summed E-state index contributed by atoms with van der Waals surface area (Å²) in [6.07, 6.45) is 2.57. The van der Waals surface area contributed by atoms with Crippen LogP contribution in [-0.4, -0.2) is 42.4 Å². The molecule has 3 aromatic rings. The molecule has 0 saturated carbocycles. The topological polar surface area (TPSA) is 104 Å². The average molecular weight is 432 g/mol. The predicted octanol–water partition coefficient (Wildman–Crippen LogP) is 3.80. The number of aryl methyl sites for hydroxylation is 1. The van der Waals surface area contributed by atoms with Crippen LogP contribution in [0.4, 0.5) is 22.0 Å².